The molecule has 0 aliphatic carbocycles. The van der Waals surface area contributed by atoms with Crippen LogP contribution in [0.1, 0.15) is 89.0 Å². The van der Waals surface area contributed by atoms with Crippen LogP contribution in [0.2, 0.25) is 0 Å². The van der Waals surface area contributed by atoms with Crippen LogP contribution >= 0.6 is 0 Å². The fraction of sp³-hybridized carbons (Fsp3) is 0.129. The van der Waals surface area contributed by atoms with Crippen molar-refractivity contribution in [1.82, 2.24) is 0 Å². The Kier molecular flexibility index (Phi) is 29.7. The average Bonchev–Trinajstić information content (AvgIpc) is 0.786. The van der Waals surface area contributed by atoms with Crippen molar-refractivity contribution in [3.8, 4) is 66.8 Å². The summed E-state index contributed by atoms with van der Waals surface area (Å²) in [6.07, 6.45) is 0. The highest BCUT2D eigenvalue weighted by Gasteiger charge is 2.13. The first-order valence-electron chi connectivity index (χ1n) is 43.5. The van der Waals surface area contributed by atoms with E-state index in [1.54, 1.807) is 0 Å². The van der Waals surface area contributed by atoms with Crippen LogP contribution in [0.15, 0.2) is 413 Å². The molecule has 124 heavy (non-hydrogen) atoms. The lowest BCUT2D eigenvalue weighted by Crippen LogP contribution is -1.89. The Bertz CT molecular complexity index is 6570. The van der Waals surface area contributed by atoms with Crippen LogP contribution in [0.25, 0.3) is 131 Å². The number of hydrogen-bond donors (Lipinski definition) is 0. The molecule has 0 heterocycles. The molecule has 0 unspecified atom stereocenters. The maximum Gasteiger partial charge on any atom is -0.0103 e. The van der Waals surface area contributed by atoms with Crippen LogP contribution in [0.4, 0.5) is 0 Å². The van der Waals surface area contributed by atoms with E-state index in [4.69, 9.17) is 0 Å². The fourth-order valence-electron chi connectivity index (χ4n) is 16.3. The Morgan fingerprint density at radius 2 is 0.339 bits per heavy atom. The second kappa shape index (κ2) is 42.0. The maximum absolute atomic E-state index is 2.24. The van der Waals surface area contributed by atoms with Crippen LogP contribution in [0.5, 0.6) is 0 Å². The zero-order valence-electron chi connectivity index (χ0n) is 75.3. The van der Waals surface area contributed by atoms with E-state index in [2.05, 4.69) is 523 Å². The van der Waals surface area contributed by atoms with Crippen LogP contribution < -0.4 is 0 Å². The van der Waals surface area contributed by atoms with Gasteiger partial charge in [0.2, 0.25) is 0 Å². The van der Waals surface area contributed by atoms with Gasteiger partial charge in [-0.3, -0.25) is 0 Å². The van der Waals surface area contributed by atoms with Crippen molar-refractivity contribution in [2.75, 3.05) is 0 Å². The van der Waals surface area contributed by atoms with Crippen molar-refractivity contribution in [2.45, 2.75) is 111 Å². The first-order chi connectivity index (χ1) is 60.1. The first-order valence-corrected chi connectivity index (χ1v) is 43.5. The van der Waals surface area contributed by atoms with E-state index < -0.39 is 0 Å². The van der Waals surface area contributed by atoms with E-state index in [0.717, 1.165) is 0 Å². The molecule has 0 saturated heterocycles. The predicted octanol–water partition coefficient (Wildman–Crippen LogP) is 35.3. The predicted molar refractivity (Wildman–Crippen MR) is 545 cm³/mol. The SMILES string of the molecule is Cc1ccc(-c2ccccc2-c2ccc(C)cc2)cc1.Cc1ccc(C)c2ccccc12.Cc1ccc2c(ccc3cc(C)ccc32)c1.Cc1ccc2cc(C)ccc2c1.Cc1ccc2ccc(C)cc2c1.Cc1cccc(-c2ccccc2-c2cccc(C)c2)c1.Cc1cccc2c(C)cccc12.Cc1ccccc1-c1ccccc1-c1ccccc1C. The van der Waals surface area contributed by atoms with E-state index >= 15 is 0 Å². The fourth-order valence-corrected chi connectivity index (χ4v) is 16.3. The van der Waals surface area contributed by atoms with E-state index in [1.165, 1.54) is 220 Å². The van der Waals surface area contributed by atoms with Gasteiger partial charge in [-0.2, -0.15) is 0 Å². The standard InChI is InChI=1S/3C20H18.C16H14.4C12H12/c1-15-9-3-5-11-17(15)19-13-7-8-14-20(19)18-12-6-4-10-16(18)2;1-15-7-5-9-17(13-15)19-11-3-4-12-20(19)18-10-6-8-16(2)14-18;1-15-7-11-17(12-8-15)19-5-3-4-6-20(19)18-13-9-16(2)10-14-18;1-11-3-7-15-13(9-11)5-6-14-10-12(2)4-8-16(14)15;1-9-3-5-12-8-10(2)4-6-11(12)7-9;1-9-3-5-11-6-4-10(2)8-12(11)7-9;1-9-5-3-8-12-10(2)6-4-7-11(9)12;1-9-7-8-10(2)12-6-4-3-5-11(9)12/h3*3-14H,1-2H3;3-10H,1-2H3;4*3-8H,1-2H3. The molecule has 0 nitrogen and oxygen atoms in total. The van der Waals surface area contributed by atoms with Gasteiger partial charge < -0.3 is 0 Å². The third kappa shape index (κ3) is 23.0. The van der Waals surface area contributed by atoms with Gasteiger partial charge >= 0.3 is 0 Å². The van der Waals surface area contributed by atoms with E-state index in [0.29, 0.717) is 0 Å². The number of rotatable bonds is 6. The molecule has 0 fully saturated rings. The minimum absolute atomic E-state index is 1.27. The summed E-state index contributed by atoms with van der Waals surface area (Å²) < 4.78 is 0. The molecule has 0 aliphatic heterocycles. The summed E-state index contributed by atoms with van der Waals surface area (Å²) in [6, 6.07) is 148. The number of fused-ring (bicyclic) bond motifs is 7. The number of hydrogen-bond acceptors (Lipinski definition) is 0. The van der Waals surface area contributed by atoms with Gasteiger partial charge in [0.15, 0.2) is 0 Å². The molecular formula is C124H116. The Labute approximate surface area is 738 Å². The Hall–Kier alpha value is -14.0. The number of benzene rings is 20. The van der Waals surface area contributed by atoms with Gasteiger partial charge in [0.25, 0.3) is 0 Å². The molecule has 0 heteroatoms. The molecule has 0 atom stereocenters. The molecule has 20 aromatic carbocycles. The molecule has 20 rings (SSSR count). The number of aryl methyl sites for hydroxylation is 16. The first kappa shape index (κ1) is 87.8. The van der Waals surface area contributed by atoms with Gasteiger partial charge in [-0.15, -0.1) is 0 Å². The smallest absolute Gasteiger partial charge is 0.0103 e. The Morgan fingerprint density at radius 1 is 0.105 bits per heavy atom. The summed E-state index contributed by atoms with van der Waals surface area (Å²) >= 11 is 0. The molecule has 0 bridgehead atoms. The quantitative estimate of drug-likeness (QED) is 0.146. The summed E-state index contributed by atoms with van der Waals surface area (Å²) in [5.74, 6) is 0. The van der Waals surface area contributed by atoms with Crippen molar-refractivity contribution in [3.63, 3.8) is 0 Å². The molecular weight excluding hydrogens is 1490 g/mol. The highest BCUT2D eigenvalue weighted by Crippen LogP contribution is 2.38. The molecule has 0 amide bonds. The van der Waals surface area contributed by atoms with Crippen LogP contribution in [0.3, 0.4) is 0 Å². The third-order valence-corrected chi connectivity index (χ3v) is 23.2. The molecule has 0 radical (unpaired) electrons. The molecule has 20 aromatic rings. The van der Waals surface area contributed by atoms with Gasteiger partial charge in [0.05, 0.1) is 0 Å². The molecule has 0 saturated carbocycles. The topological polar surface area (TPSA) is 0 Å². The Morgan fingerprint density at radius 3 is 0.685 bits per heavy atom. The summed E-state index contributed by atoms with van der Waals surface area (Å²) in [4.78, 5) is 0. The van der Waals surface area contributed by atoms with Crippen molar-refractivity contribution in [2.24, 2.45) is 0 Å². The van der Waals surface area contributed by atoms with Gasteiger partial charge in [-0.1, -0.05) is 468 Å². The molecule has 612 valence electrons. The molecule has 0 aromatic heterocycles. The van der Waals surface area contributed by atoms with Crippen molar-refractivity contribution < 1.29 is 0 Å². The summed E-state index contributed by atoms with van der Waals surface area (Å²) in [5.41, 5.74) is 36.7. The van der Waals surface area contributed by atoms with Gasteiger partial charge in [0, 0.05) is 0 Å². The molecule has 0 spiro atoms. The highest BCUT2D eigenvalue weighted by atomic mass is 14.2. The maximum atomic E-state index is 2.24. The average molecular weight is 1610 g/mol. The largest absolute Gasteiger partial charge is 0.0620 e. The van der Waals surface area contributed by atoms with E-state index in [-0.39, 0.29) is 0 Å². The van der Waals surface area contributed by atoms with Gasteiger partial charge in [0.1, 0.15) is 0 Å². The summed E-state index contributed by atoms with van der Waals surface area (Å²) in [6.45, 7) is 34.3. The van der Waals surface area contributed by atoms with Crippen LogP contribution in [0, 0.1) is 111 Å². The lowest BCUT2D eigenvalue weighted by molar-refractivity contribution is 1.43. The van der Waals surface area contributed by atoms with E-state index in [1.807, 2.05) is 0 Å². The minimum atomic E-state index is 1.27. The molecule has 0 aliphatic rings. The van der Waals surface area contributed by atoms with Crippen LogP contribution in [-0.4, -0.2) is 0 Å². The molecule has 0 N–H and O–H groups in total. The van der Waals surface area contributed by atoms with E-state index in [9.17, 15) is 0 Å². The van der Waals surface area contributed by atoms with Gasteiger partial charge in [-0.05, 0) is 276 Å². The monoisotopic (exact) mass is 1600 g/mol. The minimum Gasteiger partial charge on any atom is -0.0620 e. The van der Waals surface area contributed by atoms with Crippen LogP contribution in [-0.2, 0) is 0 Å². The van der Waals surface area contributed by atoms with Crippen molar-refractivity contribution in [1.29, 1.82) is 0 Å². The third-order valence-electron chi connectivity index (χ3n) is 23.2. The normalized spacial score (nSPS) is 10.6. The zero-order valence-corrected chi connectivity index (χ0v) is 75.3. The second-order valence-corrected chi connectivity index (χ2v) is 33.5. The zero-order chi connectivity index (χ0) is 87.2. The van der Waals surface area contributed by atoms with Crippen molar-refractivity contribution in [3.05, 3.63) is 502 Å². The lowest BCUT2D eigenvalue weighted by Gasteiger charge is -2.14. The highest BCUT2D eigenvalue weighted by molar-refractivity contribution is 6.08. The summed E-state index contributed by atoms with van der Waals surface area (Å²) in [5, 5.41) is 16.2. The second-order valence-electron chi connectivity index (χ2n) is 33.5. The van der Waals surface area contributed by atoms with Crippen molar-refractivity contribution >= 4 is 64.6 Å². The van der Waals surface area contributed by atoms with Gasteiger partial charge in [-0.25, -0.2) is 0 Å². The Balaban J connectivity index is 0.000000123. The summed E-state index contributed by atoms with van der Waals surface area (Å²) in [7, 11) is 0. The lowest BCUT2D eigenvalue weighted by atomic mass is 9.90.